The lowest BCUT2D eigenvalue weighted by Crippen LogP contribution is -2.48. The summed E-state index contributed by atoms with van der Waals surface area (Å²) in [5, 5.41) is 5.24. The van der Waals surface area contributed by atoms with Gasteiger partial charge in [-0.15, -0.1) is 11.3 Å². The van der Waals surface area contributed by atoms with Gasteiger partial charge in [-0.2, -0.15) is 0 Å². The number of amides is 1. The molecule has 1 N–H and O–H groups in total. The number of hydrogen-bond acceptors (Lipinski definition) is 6. The maximum absolute atomic E-state index is 12.3. The van der Waals surface area contributed by atoms with Gasteiger partial charge in [-0.05, 0) is 25.3 Å². The molecule has 3 heterocycles. The van der Waals surface area contributed by atoms with Crippen molar-refractivity contribution in [3.05, 3.63) is 17.8 Å². The molecule has 0 aliphatic carbocycles. The largest absolute Gasteiger partial charge is 0.372 e. The average Bonchev–Trinajstić information content (AvgIpc) is 2.95. The molecule has 2 aromatic rings. The Morgan fingerprint density at radius 1 is 1.41 bits per heavy atom. The van der Waals surface area contributed by atoms with Crippen LogP contribution in [0.2, 0.25) is 0 Å². The molecular formula is C15H20N4O2S. The second-order valence-electron chi connectivity index (χ2n) is 5.59. The number of rotatable bonds is 4. The monoisotopic (exact) mass is 320 g/mol. The molecule has 22 heavy (non-hydrogen) atoms. The molecule has 1 amide bonds. The number of aromatic nitrogens is 2. The molecule has 1 aliphatic heterocycles. The van der Waals surface area contributed by atoms with E-state index >= 15 is 0 Å². The lowest BCUT2D eigenvalue weighted by Gasteiger charge is -2.35. The molecule has 0 unspecified atom stereocenters. The number of anilines is 1. The highest BCUT2D eigenvalue weighted by molar-refractivity contribution is 7.17. The van der Waals surface area contributed by atoms with Crippen molar-refractivity contribution in [2.24, 2.45) is 0 Å². The van der Waals surface area contributed by atoms with E-state index in [1.54, 1.807) is 17.7 Å². The predicted molar refractivity (Wildman–Crippen MR) is 87.1 cm³/mol. The smallest absolute Gasteiger partial charge is 0.224 e. The Balaban J connectivity index is 1.54. The Hall–Kier alpha value is -1.73. The lowest BCUT2D eigenvalue weighted by molar-refractivity contribution is -0.142. The number of nitrogens with zero attached hydrogens (tertiary/aromatic N) is 3. The summed E-state index contributed by atoms with van der Waals surface area (Å²) in [6, 6.07) is 1.97. The third kappa shape index (κ3) is 3.36. The van der Waals surface area contributed by atoms with Gasteiger partial charge in [0.25, 0.3) is 0 Å². The molecule has 0 radical (unpaired) electrons. The summed E-state index contributed by atoms with van der Waals surface area (Å²) in [4.78, 5) is 22.6. The van der Waals surface area contributed by atoms with E-state index in [1.807, 2.05) is 30.2 Å². The van der Waals surface area contributed by atoms with Crippen LogP contribution in [0, 0.1) is 0 Å². The molecule has 7 heteroatoms. The van der Waals surface area contributed by atoms with E-state index in [2.05, 4.69) is 15.3 Å². The minimum atomic E-state index is 0.105. The summed E-state index contributed by atoms with van der Waals surface area (Å²) in [5.74, 6) is 0.961. The number of morpholine rings is 1. The summed E-state index contributed by atoms with van der Waals surface area (Å²) in [7, 11) is 0. The van der Waals surface area contributed by atoms with Gasteiger partial charge >= 0.3 is 0 Å². The molecule has 1 saturated heterocycles. The summed E-state index contributed by atoms with van der Waals surface area (Å²) < 4.78 is 6.69. The third-order valence-electron chi connectivity index (χ3n) is 3.65. The van der Waals surface area contributed by atoms with Crippen molar-refractivity contribution < 1.29 is 9.53 Å². The molecule has 2 atom stereocenters. The van der Waals surface area contributed by atoms with Crippen molar-refractivity contribution in [2.45, 2.75) is 32.5 Å². The van der Waals surface area contributed by atoms with Crippen molar-refractivity contribution in [2.75, 3.05) is 25.0 Å². The lowest BCUT2D eigenvalue weighted by atomic mass is 10.2. The Morgan fingerprint density at radius 3 is 2.95 bits per heavy atom. The molecule has 2 aromatic heterocycles. The molecule has 3 rings (SSSR count). The standard InChI is InChI=1S/C15H20N4O2S/c1-10-7-19(8-11(2)21-10)13(20)3-5-16-15-14-12(4-6-22-14)17-9-18-15/h4,6,9-11H,3,5,7-8H2,1-2H3,(H,16,17,18)/t10-,11-/m1/s1. The Bertz CT molecular complexity index is 650. The molecule has 1 aliphatic rings. The number of fused-ring (bicyclic) bond motifs is 1. The molecule has 0 spiro atoms. The van der Waals surface area contributed by atoms with Crippen molar-refractivity contribution in [1.29, 1.82) is 0 Å². The van der Waals surface area contributed by atoms with Crippen LogP contribution in [0.25, 0.3) is 10.2 Å². The summed E-state index contributed by atoms with van der Waals surface area (Å²) in [6.45, 7) is 5.92. The van der Waals surface area contributed by atoms with Crippen LogP contribution in [0.15, 0.2) is 17.8 Å². The quantitative estimate of drug-likeness (QED) is 0.935. The first-order chi connectivity index (χ1) is 10.6. The first kappa shape index (κ1) is 15.2. The number of hydrogen-bond donors (Lipinski definition) is 1. The summed E-state index contributed by atoms with van der Waals surface area (Å²) in [5.41, 5.74) is 0.935. The molecule has 0 saturated carbocycles. The van der Waals surface area contributed by atoms with Crippen LogP contribution in [0.5, 0.6) is 0 Å². The van der Waals surface area contributed by atoms with Gasteiger partial charge < -0.3 is 15.0 Å². The normalized spacial score (nSPS) is 22.0. The minimum absolute atomic E-state index is 0.105. The van der Waals surface area contributed by atoms with Gasteiger partial charge in [-0.25, -0.2) is 9.97 Å². The van der Waals surface area contributed by atoms with E-state index in [0.717, 1.165) is 16.0 Å². The van der Waals surface area contributed by atoms with Gasteiger partial charge in [0.2, 0.25) is 5.91 Å². The molecule has 0 aromatic carbocycles. The fraction of sp³-hybridized carbons (Fsp3) is 0.533. The fourth-order valence-corrected chi connectivity index (χ4v) is 3.55. The van der Waals surface area contributed by atoms with Crippen LogP contribution in [0.4, 0.5) is 5.82 Å². The average molecular weight is 320 g/mol. The van der Waals surface area contributed by atoms with Crippen LogP contribution in [-0.4, -0.2) is 52.6 Å². The first-order valence-corrected chi connectivity index (χ1v) is 8.36. The Kier molecular flexibility index (Phi) is 4.54. The molecule has 1 fully saturated rings. The van der Waals surface area contributed by atoms with Crippen LogP contribution in [0.1, 0.15) is 20.3 Å². The number of carbonyl (C=O) groups is 1. The van der Waals surface area contributed by atoms with E-state index in [9.17, 15) is 4.79 Å². The second-order valence-corrected chi connectivity index (χ2v) is 6.51. The van der Waals surface area contributed by atoms with Gasteiger partial charge in [0, 0.05) is 26.1 Å². The zero-order valence-corrected chi connectivity index (χ0v) is 13.6. The topological polar surface area (TPSA) is 67.4 Å². The van der Waals surface area contributed by atoms with Crippen molar-refractivity contribution in [3.8, 4) is 0 Å². The fourth-order valence-electron chi connectivity index (χ4n) is 2.74. The minimum Gasteiger partial charge on any atom is -0.372 e. The van der Waals surface area contributed by atoms with Gasteiger partial charge in [0.05, 0.1) is 22.4 Å². The third-order valence-corrected chi connectivity index (χ3v) is 4.56. The summed E-state index contributed by atoms with van der Waals surface area (Å²) in [6.07, 6.45) is 2.21. The van der Waals surface area contributed by atoms with Crippen molar-refractivity contribution in [1.82, 2.24) is 14.9 Å². The van der Waals surface area contributed by atoms with Crippen LogP contribution in [0.3, 0.4) is 0 Å². The molecular weight excluding hydrogens is 300 g/mol. The van der Waals surface area contributed by atoms with E-state index in [0.29, 0.717) is 26.1 Å². The van der Waals surface area contributed by atoms with Gasteiger partial charge in [-0.1, -0.05) is 0 Å². The highest BCUT2D eigenvalue weighted by Gasteiger charge is 2.25. The van der Waals surface area contributed by atoms with Crippen molar-refractivity contribution >= 4 is 33.3 Å². The van der Waals surface area contributed by atoms with Crippen LogP contribution in [-0.2, 0) is 9.53 Å². The van der Waals surface area contributed by atoms with Crippen LogP contribution >= 0.6 is 11.3 Å². The zero-order chi connectivity index (χ0) is 15.5. The van der Waals surface area contributed by atoms with E-state index in [1.165, 1.54) is 0 Å². The number of ether oxygens (including phenoxy) is 1. The second kappa shape index (κ2) is 6.58. The van der Waals surface area contributed by atoms with E-state index < -0.39 is 0 Å². The Morgan fingerprint density at radius 2 is 2.18 bits per heavy atom. The number of nitrogens with one attached hydrogen (secondary N) is 1. The van der Waals surface area contributed by atoms with Crippen molar-refractivity contribution in [3.63, 3.8) is 0 Å². The SMILES string of the molecule is C[C@@H]1CN(C(=O)CCNc2ncnc3ccsc23)C[C@@H](C)O1. The van der Waals surface area contributed by atoms with Gasteiger partial charge in [0.15, 0.2) is 0 Å². The Labute approximate surface area is 133 Å². The summed E-state index contributed by atoms with van der Waals surface area (Å²) >= 11 is 1.60. The number of thiophene rings is 1. The maximum atomic E-state index is 12.3. The number of carbonyl (C=O) groups excluding carboxylic acids is 1. The van der Waals surface area contributed by atoms with E-state index in [-0.39, 0.29) is 18.1 Å². The van der Waals surface area contributed by atoms with Crippen LogP contribution < -0.4 is 5.32 Å². The molecule has 118 valence electrons. The maximum Gasteiger partial charge on any atom is 0.224 e. The van der Waals surface area contributed by atoms with Gasteiger partial charge in [0.1, 0.15) is 12.1 Å². The highest BCUT2D eigenvalue weighted by atomic mass is 32.1. The predicted octanol–water partition coefficient (Wildman–Crippen LogP) is 2.13. The zero-order valence-electron chi connectivity index (χ0n) is 12.8. The van der Waals surface area contributed by atoms with Gasteiger partial charge in [-0.3, -0.25) is 4.79 Å². The molecule has 0 bridgehead atoms. The highest BCUT2D eigenvalue weighted by Crippen LogP contribution is 2.24. The van der Waals surface area contributed by atoms with E-state index in [4.69, 9.17) is 4.74 Å². The molecule has 6 nitrogen and oxygen atoms in total. The first-order valence-electron chi connectivity index (χ1n) is 7.49.